The van der Waals surface area contributed by atoms with E-state index >= 15 is 0 Å². The molecule has 0 N–H and O–H groups in total. The summed E-state index contributed by atoms with van der Waals surface area (Å²) >= 11 is 0. The number of fused-ring (bicyclic) bond motifs is 1. The van der Waals surface area contributed by atoms with E-state index in [2.05, 4.69) is 6.92 Å². The van der Waals surface area contributed by atoms with Crippen LogP contribution >= 0.6 is 7.75 Å². The Hall–Kier alpha value is -2.19. The molecule has 1 aromatic heterocycles. The fraction of sp³-hybridized carbons (Fsp3) is 0.524. The summed E-state index contributed by atoms with van der Waals surface area (Å²) < 4.78 is 30.9. The van der Waals surface area contributed by atoms with E-state index in [0.717, 1.165) is 12.8 Å². The van der Waals surface area contributed by atoms with Crippen LogP contribution in [0, 0.1) is 0 Å². The van der Waals surface area contributed by atoms with E-state index < -0.39 is 31.3 Å². The van der Waals surface area contributed by atoms with Crippen LogP contribution in [0.1, 0.15) is 52.2 Å². The van der Waals surface area contributed by atoms with E-state index in [1.807, 2.05) is 18.2 Å². The molecule has 3 atom stereocenters. The normalized spacial score (nSPS) is 22.7. The SMILES string of the molecule is CCCC[C@H]1[C@H]2C=C[C@H](N1P(=O)(OCC)OCC)n1c(=O)n(-c3ccccc3)c(=O)n12. The smallest absolute Gasteiger partial charge is 0.297 e. The molecule has 4 heterocycles. The predicted octanol–water partition coefficient (Wildman–Crippen LogP) is 3.47. The van der Waals surface area contributed by atoms with Crippen LogP contribution in [0.15, 0.2) is 52.1 Å². The lowest BCUT2D eigenvalue weighted by Crippen LogP contribution is -2.56. The van der Waals surface area contributed by atoms with E-state index in [9.17, 15) is 14.2 Å². The van der Waals surface area contributed by atoms with E-state index in [1.54, 1.807) is 42.8 Å². The first kappa shape index (κ1) is 22.0. The van der Waals surface area contributed by atoms with Gasteiger partial charge >= 0.3 is 19.1 Å². The summed E-state index contributed by atoms with van der Waals surface area (Å²) in [4.78, 5) is 26.8. The lowest BCUT2D eigenvalue weighted by atomic mass is 9.96. The van der Waals surface area contributed by atoms with Crippen LogP contribution in [0.5, 0.6) is 0 Å². The molecule has 2 bridgehead atoms. The average Bonchev–Trinajstić information content (AvgIpc) is 3.05. The number of hydrogen-bond acceptors (Lipinski definition) is 5. The highest BCUT2D eigenvalue weighted by molar-refractivity contribution is 7.51. The zero-order valence-electron chi connectivity index (χ0n) is 18.1. The Morgan fingerprint density at radius 1 is 0.935 bits per heavy atom. The second-order valence-electron chi connectivity index (χ2n) is 7.61. The van der Waals surface area contributed by atoms with E-state index in [1.165, 1.54) is 13.9 Å². The lowest BCUT2D eigenvalue weighted by molar-refractivity contribution is 0.0342. The molecule has 0 saturated carbocycles. The van der Waals surface area contributed by atoms with Crippen molar-refractivity contribution in [2.24, 2.45) is 0 Å². The van der Waals surface area contributed by atoms with Crippen LogP contribution in [-0.2, 0) is 13.6 Å². The van der Waals surface area contributed by atoms with Gasteiger partial charge in [0.15, 0.2) is 0 Å². The summed E-state index contributed by atoms with van der Waals surface area (Å²) in [6.07, 6.45) is 5.54. The van der Waals surface area contributed by atoms with Gasteiger partial charge in [0.05, 0.1) is 24.9 Å². The first-order valence-corrected chi connectivity index (χ1v) is 12.4. The van der Waals surface area contributed by atoms with Crippen LogP contribution in [0.25, 0.3) is 5.69 Å². The first-order chi connectivity index (χ1) is 15.0. The zero-order chi connectivity index (χ0) is 22.2. The highest BCUT2D eigenvalue weighted by Gasteiger charge is 2.53. The Morgan fingerprint density at radius 2 is 1.58 bits per heavy atom. The third-order valence-corrected chi connectivity index (χ3v) is 8.03. The molecule has 10 heteroatoms. The van der Waals surface area contributed by atoms with Crippen molar-refractivity contribution in [1.29, 1.82) is 0 Å². The molecule has 0 fully saturated rings. The Bertz CT molecular complexity index is 1110. The number of para-hydroxylation sites is 1. The molecule has 1 aromatic carbocycles. The number of aromatic nitrogens is 3. The summed E-state index contributed by atoms with van der Waals surface area (Å²) in [6, 6.07) is 8.11. The average molecular weight is 448 g/mol. The predicted molar refractivity (Wildman–Crippen MR) is 118 cm³/mol. The maximum atomic E-state index is 13.9. The molecule has 0 amide bonds. The maximum absolute atomic E-state index is 13.9. The maximum Gasteiger partial charge on any atom is 0.410 e. The Morgan fingerprint density at radius 3 is 2.19 bits per heavy atom. The first-order valence-electron chi connectivity index (χ1n) is 10.9. The molecule has 0 saturated heterocycles. The molecule has 168 valence electrons. The third-order valence-electron chi connectivity index (χ3n) is 5.76. The summed E-state index contributed by atoms with van der Waals surface area (Å²) in [5.74, 6) is 0. The van der Waals surface area contributed by atoms with Crippen molar-refractivity contribution >= 4 is 7.75 Å². The lowest BCUT2D eigenvalue weighted by Gasteiger charge is -2.49. The minimum absolute atomic E-state index is 0.210. The number of rotatable bonds is 9. The van der Waals surface area contributed by atoms with Gasteiger partial charge in [-0.2, -0.15) is 4.67 Å². The molecule has 3 aliphatic heterocycles. The van der Waals surface area contributed by atoms with Crippen molar-refractivity contribution < 1.29 is 13.6 Å². The molecule has 0 radical (unpaired) electrons. The second-order valence-corrected chi connectivity index (χ2v) is 9.52. The number of benzene rings is 1. The molecule has 0 spiro atoms. The molecule has 0 unspecified atom stereocenters. The van der Waals surface area contributed by atoms with Gasteiger partial charge in [-0.25, -0.2) is 28.1 Å². The molecule has 3 aliphatic rings. The van der Waals surface area contributed by atoms with Crippen LogP contribution < -0.4 is 11.4 Å². The third kappa shape index (κ3) is 3.49. The van der Waals surface area contributed by atoms with Gasteiger partial charge in [-0.3, -0.25) is 9.05 Å². The number of unbranched alkanes of at least 4 members (excludes halogenated alkanes) is 1. The molecule has 0 aliphatic carbocycles. The van der Waals surface area contributed by atoms with Crippen molar-refractivity contribution in [1.82, 2.24) is 18.6 Å². The molecular formula is C21H29N4O5P. The van der Waals surface area contributed by atoms with Gasteiger partial charge in [-0.05, 0) is 38.5 Å². The fourth-order valence-corrected chi connectivity index (χ4v) is 6.61. The van der Waals surface area contributed by atoms with Crippen molar-refractivity contribution in [2.75, 3.05) is 13.2 Å². The van der Waals surface area contributed by atoms with Gasteiger partial charge in [0.2, 0.25) is 0 Å². The second kappa shape index (κ2) is 8.74. The topological polar surface area (TPSA) is 87.7 Å². The number of nitrogens with zero attached hydrogens (tertiary/aromatic N) is 4. The quantitative estimate of drug-likeness (QED) is 0.431. The largest absolute Gasteiger partial charge is 0.410 e. The minimum atomic E-state index is -3.69. The molecule has 9 nitrogen and oxygen atoms in total. The van der Waals surface area contributed by atoms with E-state index in [4.69, 9.17) is 9.05 Å². The summed E-state index contributed by atoms with van der Waals surface area (Å²) in [7, 11) is -3.69. The summed E-state index contributed by atoms with van der Waals surface area (Å²) in [5.41, 5.74) is -0.380. The summed E-state index contributed by atoms with van der Waals surface area (Å²) in [5, 5.41) is 0. The van der Waals surface area contributed by atoms with Gasteiger partial charge < -0.3 is 0 Å². The zero-order valence-corrected chi connectivity index (χ0v) is 19.0. The molecular weight excluding hydrogens is 419 g/mol. The Balaban J connectivity index is 1.91. The Labute approximate surface area is 181 Å². The van der Waals surface area contributed by atoms with Crippen molar-refractivity contribution in [3.05, 3.63) is 63.5 Å². The van der Waals surface area contributed by atoms with E-state index in [0.29, 0.717) is 12.1 Å². The highest BCUT2D eigenvalue weighted by atomic mass is 31.2. The Kier molecular flexibility index (Phi) is 6.21. The van der Waals surface area contributed by atoms with Gasteiger partial charge in [0.1, 0.15) is 6.17 Å². The highest BCUT2D eigenvalue weighted by Crippen LogP contribution is 2.60. The van der Waals surface area contributed by atoms with Gasteiger partial charge in [0.25, 0.3) is 0 Å². The fourth-order valence-electron chi connectivity index (χ4n) is 4.54. The molecule has 5 rings (SSSR count). The van der Waals surface area contributed by atoms with Crippen molar-refractivity contribution in [3.63, 3.8) is 0 Å². The van der Waals surface area contributed by atoms with Crippen LogP contribution in [-0.4, -0.2) is 37.9 Å². The van der Waals surface area contributed by atoms with Crippen LogP contribution in [0.2, 0.25) is 0 Å². The standard InChI is InChI=1S/C21H29N4O5P/c1-4-7-13-18-17-14-15-19(25(18)31(28,29-5-2)30-6-3)24-21(27)22(20(26)23(17)24)16-11-9-8-10-12-16/h8-12,14-15,17-19H,4-7,13H2,1-3H3/t17-,18+,19+/m1/s1. The summed E-state index contributed by atoms with van der Waals surface area (Å²) in [6.45, 7) is 6.03. The monoisotopic (exact) mass is 448 g/mol. The molecule has 31 heavy (non-hydrogen) atoms. The molecule has 2 aromatic rings. The van der Waals surface area contributed by atoms with Crippen LogP contribution in [0.3, 0.4) is 0 Å². The number of hydrogen-bond donors (Lipinski definition) is 0. The van der Waals surface area contributed by atoms with Crippen LogP contribution in [0.4, 0.5) is 0 Å². The minimum Gasteiger partial charge on any atom is -0.297 e. The van der Waals surface area contributed by atoms with E-state index in [-0.39, 0.29) is 19.3 Å². The van der Waals surface area contributed by atoms with Gasteiger partial charge in [-0.15, -0.1) is 0 Å². The van der Waals surface area contributed by atoms with Gasteiger partial charge in [-0.1, -0.05) is 44.0 Å². The van der Waals surface area contributed by atoms with Crippen molar-refractivity contribution in [2.45, 2.75) is 58.3 Å². The van der Waals surface area contributed by atoms with Crippen molar-refractivity contribution in [3.8, 4) is 5.69 Å². The van der Waals surface area contributed by atoms with Gasteiger partial charge in [0, 0.05) is 6.04 Å².